The van der Waals surface area contributed by atoms with E-state index < -0.39 is 0 Å². The van der Waals surface area contributed by atoms with Crippen molar-refractivity contribution >= 4 is 35.9 Å². The molecular formula is C15H23IN8. The molecule has 2 aromatic heterocycles. The maximum absolute atomic E-state index is 4.39. The Bertz CT molecular complexity index is 608. The Labute approximate surface area is 159 Å². The van der Waals surface area contributed by atoms with Crippen LogP contribution in [-0.4, -0.2) is 70.1 Å². The smallest absolute Gasteiger partial charge is 0.225 e. The molecule has 1 aliphatic rings. The normalized spacial score (nSPS) is 15.1. The van der Waals surface area contributed by atoms with Gasteiger partial charge in [0, 0.05) is 71.1 Å². The molecule has 0 aromatic carbocycles. The summed E-state index contributed by atoms with van der Waals surface area (Å²) in [4.78, 5) is 21.5. The number of piperazine rings is 1. The Morgan fingerprint density at radius 3 is 2.54 bits per heavy atom. The van der Waals surface area contributed by atoms with Crippen LogP contribution in [0.25, 0.3) is 0 Å². The summed E-state index contributed by atoms with van der Waals surface area (Å²) in [7, 11) is 1.83. The van der Waals surface area contributed by atoms with Crippen LogP contribution in [0.2, 0.25) is 0 Å². The van der Waals surface area contributed by atoms with Gasteiger partial charge in [-0.1, -0.05) is 0 Å². The van der Waals surface area contributed by atoms with Crippen molar-refractivity contribution in [2.24, 2.45) is 4.99 Å². The van der Waals surface area contributed by atoms with Crippen LogP contribution in [-0.2, 0) is 6.54 Å². The van der Waals surface area contributed by atoms with Gasteiger partial charge in [-0.3, -0.25) is 4.99 Å². The fraction of sp³-hybridized carbons (Fsp3) is 0.467. The number of halogens is 1. The summed E-state index contributed by atoms with van der Waals surface area (Å²) in [6.07, 6.45) is 9.14. The maximum atomic E-state index is 4.39. The third-order valence-corrected chi connectivity index (χ3v) is 3.84. The molecule has 1 fully saturated rings. The summed E-state index contributed by atoms with van der Waals surface area (Å²) in [5.74, 6) is 1.74. The van der Waals surface area contributed by atoms with E-state index in [9.17, 15) is 0 Å². The first-order valence-electron chi connectivity index (χ1n) is 7.80. The first-order valence-corrected chi connectivity index (χ1v) is 7.80. The molecule has 1 N–H and O–H groups in total. The highest BCUT2D eigenvalue weighted by atomic mass is 127. The second-order valence-corrected chi connectivity index (χ2v) is 5.30. The van der Waals surface area contributed by atoms with Crippen LogP contribution in [0.5, 0.6) is 0 Å². The highest BCUT2D eigenvalue weighted by Crippen LogP contribution is 2.09. The van der Waals surface area contributed by atoms with Crippen molar-refractivity contribution in [1.29, 1.82) is 0 Å². The molecule has 0 radical (unpaired) electrons. The second-order valence-electron chi connectivity index (χ2n) is 5.30. The van der Waals surface area contributed by atoms with E-state index in [1.807, 2.05) is 30.2 Å². The summed E-state index contributed by atoms with van der Waals surface area (Å²) < 4.78 is 2.05. The van der Waals surface area contributed by atoms with E-state index in [0.717, 1.165) is 51.2 Å². The lowest BCUT2D eigenvalue weighted by Crippen LogP contribution is -2.53. The molecule has 3 rings (SSSR count). The number of aliphatic imine (C=N–C) groups is 1. The van der Waals surface area contributed by atoms with Crippen LogP contribution in [0.3, 0.4) is 0 Å². The van der Waals surface area contributed by atoms with Crippen LogP contribution in [0.1, 0.15) is 0 Å². The quantitative estimate of drug-likeness (QED) is 0.427. The molecule has 0 saturated carbocycles. The van der Waals surface area contributed by atoms with Gasteiger partial charge in [0.15, 0.2) is 5.96 Å². The average Bonchev–Trinajstić information content (AvgIpc) is 3.13. The van der Waals surface area contributed by atoms with Crippen molar-refractivity contribution in [2.45, 2.75) is 6.54 Å². The predicted octanol–water partition coefficient (Wildman–Crippen LogP) is 0.689. The molecule has 130 valence electrons. The van der Waals surface area contributed by atoms with E-state index in [0.29, 0.717) is 0 Å². The van der Waals surface area contributed by atoms with Crippen LogP contribution >= 0.6 is 24.0 Å². The Morgan fingerprint density at radius 2 is 1.92 bits per heavy atom. The number of aromatic nitrogens is 4. The van der Waals surface area contributed by atoms with E-state index in [1.54, 1.807) is 18.6 Å². The molecule has 0 unspecified atom stereocenters. The van der Waals surface area contributed by atoms with E-state index in [1.165, 1.54) is 0 Å². The minimum atomic E-state index is 0. The molecule has 1 aliphatic heterocycles. The number of anilines is 1. The van der Waals surface area contributed by atoms with Gasteiger partial charge in [-0.05, 0) is 6.07 Å². The van der Waals surface area contributed by atoms with E-state index in [2.05, 4.69) is 35.1 Å². The molecule has 0 aliphatic carbocycles. The Morgan fingerprint density at radius 1 is 1.17 bits per heavy atom. The molecular weight excluding hydrogens is 419 g/mol. The minimum absolute atomic E-state index is 0. The standard InChI is InChI=1S/C15H22N8.HI/c1-16-14(20-6-8-21-7-5-17-13-21)22-9-11-23(12-10-22)15-18-3-2-4-19-15;/h2-5,7,13H,6,8-12H2,1H3,(H,16,20);1H. The Hall–Kier alpha value is -1.91. The van der Waals surface area contributed by atoms with Gasteiger partial charge in [0.1, 0.15) is 0 Å². The van der Waals surface area contributed by atoms with Crippen molar-refractivity contribution in [2.75, 3.05) is 44.7 Å². The fourth-order valence-electron chi connectivity index (χ4n) is 2.62. The number of rotatable bonds is 4. The Kier molecular flexibility index (Phi) is 7.22. The number of imidazole rings is 1. The van der Waals surface area contributed by atoms with Crippen molar-refractivity contribution < 1.29 is 0 Å². The maximum Gasteiger partial charge on any atom is 0.225 e. The monoisotopic (exact) mass is 442 g/mol. The van der Waals surface area contributed by atoms with Gasteiger partial charge in [-0.2, -0.15) is 0 Å². The third kappa shape index (κ3) is 4.79. The molecule has 0 spiro atoms. The zero-order chi connectivity index (χ0) is 15.9. The summed E-state index contributed by atoms with van der Waals surface area (Å²) in [5.41, 5.74) is 0. The fourth-order valence-corrected chi connectivity index (χ4v) is 2.62. The number of guanidine groups is 1. The molecule has 3 heterocycles. The summed E-state index contributed by atoms with van der Waals surface area (Å²) >= 11 is 0. The van der Waals surface area contributed by atoms with Crippen molar-refractivity contribution in [3.63, 3.8) is 0 Å². The Balaban J connectivity index is 0.00000208. The van der Waals surface area contributed by atoms with Gasteiger partial charge in [0.25, 0.3) is 0 Å². The van der Waals surface area contributed by atoms with Gasteiger partial charge in [-0.25, -0.2) is 15.0 Å². The molecule has 0 bridgehead atoms. The predicted molar refractivity (Wildman–Crippen MR) is 105 cm³/mol. The number of hydrogen-bond donors (Lipinski definition) is 1. The molecule has 0 atom stereocenters. The number of nitrogens with one attached hydrogen (secondary N) is 1. The van der Waals surface area contributed by atoms with Crippen LogP contribution < -0.4 is 10.2 Å². The molecule has 1 saturated heterocycles. The SMILES string of the molecule is CN=C(NCCn1ccnc1)N1CCN(c2ncccn2)CC1.I. The molecule has 2 aromatic rings. The summed E-state index contributed by atoms with van der Waals surface area (Å²) in [6, 6.07) is 1.84. The van der Waals surface area contributed by atoms with E-state index >= 15 is 0 Å². The van der Waals surface area contributed by atoms with Gasteiger partial charge in [-0.15, -0.1) is 24.0 Å². The topological polar surface area (TPSA) is 74.5 Å². The summed E-state index contributed by atoms with van der Waals surface area (Å²) in [6.45, 7) is 5.30. The average molecular weight is 442 g/mol. The lowest BCUT2D eigenvalue weighted by Gasteiger charge is -2.36. The largest absolute Gasteiger partial charge is 0.354 e. The van der Waals surface area contributed by atoms with Crippen LogP contribution in [0.4, 0.5) is 5.95 Å². The lowest BCUT2D eigenvalue weighted by atomic mass is 10.3. The van der Waals surface area contributed by atoms with Crippen LogP contribution in [0, 0.1) is 0 Å². The van der Waals surface area contributed by atoms with Gasteiger partial charge >= 0.3 is 0 Å². The minimum Gasteiger partial charge on any atom is -0.354 e. The molecule has 8 nitrogen and oxygen atoms in total. The zero-order valence-electron chi connectivity index (χ0n) is 13.7. The first-order chi connectivity index (χ1) is 11.4. The lowest BCUT2D eigenvalue weighted by molar-refractivity contribution is 0.369. The van der Waals surface area contributed by atoms with Gasteiger partial charge in [0.2, 0.25) is 5.95 Å². The van der Waals surface area contributed by atoms with E-state index in [4.69, 9.17) is 0 Å². The second kappa shape index (κ2) is 9.40. The van der Waals surface area contributed by atoms with Crippen molar-refractivity contribution in [3.8, 4) is 0 Å². The van der Waals surface area contributed by atoms with Crippen LogP contribution in [0.15, 0.2) is 42.2 Å². The van der Waals surface area contributed by atoms with Gasteiger partial charge in [0.05, 0.1) is 6.33 Å². The van der Waals surface area contributed by atoms with Gasteiger partial charge < -0.3 is 19.7 Å². The first kappa shape index (κ1) is 18.4. The van der Waals surface area contributed by atoms with Crippen molar-refractivity contribution in [3.05, 3.63) is 37.2 Å². The highest BCUT2D eigenvalue weighted by Gasteiger charge is 2.20. The molecule has 9 heteroatoms. The molecule has 0 amide bonds. The third-order valence-electron chi connectivity index (χ3n) is 3.84. The number of nitrogens with zero attached hydrogens (tertiary/aromatic N) is 7. The van der Waals surface area contributed by atoms with Crippen molar-refractivity contribution in [1.82, 2.24) is 29.7 Å². The zero-order valence-corrected chi connectivity index (χ0v) is 16.1. The summed E-state index contributed by atoms with van der Waals surface area (Å²) in [5, 5.41) is 3.41. The number of hydrogen-bond acceptors (Lipinski definition) is 5. The molecule has 24 heavy (non-hydrogen) atoms. The highest BCUT2D eigenvalue weighted by molar-refractivity contribution is 14.0. The van der Waals surface area contributed by atoms with E-state index in [-0.39, 0.29) is 24.0 Å².